The van der Waals surface area contributed by atoms with Gasteiger partial charge in [0, 0.05) is 11.5 Å². The Balaban J connectivity index is 1.92. The molecule has 0 aromatic carbocycles. The van der Waals surface area contributed by atoms with Gasteiger partial charge in [0.15, 0.2) is 0 Å². The predicted octanol–water partition coefficient (Wildman–Crippen LogP) is -1.14. The Hall–Kier alpha value is -1.10. The first-order chi connectivity index (χ1) is 6.52. The standard InChI is InChI=1S/C9H15N3O2/c10-6(7(11)13)3-5-4-9(1-2-9)12-8(5)14/h5-6H,1-4,10H2,(H2,11,13)(H,12,14)/t5-,6+/m1/s1. The molecule has 2 atom stereocenters. The van der Waals surface area contributed by atoms with Gasteiger partial charge >= 0.3 is 0 Å². The summed E-state index contributed by atoms with van der Waals surface area (Å²) >= 11 is 0. The summed E-state index contributed by atoms with van der Waals surface area (Å²) in [5, 5.41) is 2.95. The highest BCUT2D eigenvalue weighted by Gasteiger charge is 2.52. The Morgan fingerprint density at radius 2 is 2.29 bits per heavy atom. The molecule has 1 aliphatic heterocycles. The first-order valence-electron chi connectivity index (χ1n) is 4.89. The molecule has 2 aliphatic rings. The Morgan fingerprint density at radius 1 is 1.64 bits per heavy atom. The van der Waals surface area contributed by atoms with E-state index in [-0.39, 0.29) is 17.4 Å². The molecule has 1 saturated heterocycles. The summed E-state index contributed by atoms with van der Waals surface area (Å²) in [5.74, 6) is -0.631. The van der Waals surface area contributed by atoms with Crippen LogP contribution in [0.2, 0.25) is 0 Å². The van der Waals surface area contributed by atoms with E-state index in [1.165, 1.54) is 0 Å². The highest BCUT2D eigenvalue weighted by atomic mass is 16.2. The van der Waals surface area contributed by atoms with E-state index in [1.807, 2.05) is 0 Å². The van der Waals surface area contributed by atoms with Gasteiger partial charge in [-0.3, -0.25) is 9.59 Å². The Bertz CT molecular complexity index is 286. The van der Waals surface area contributed by atoms with Crippen molar-refractivity contribution >= 4 is 11.8 Å². The summed E-state index contributed by atoms with van der Waals surface area (Å²) in [7, 11) is 0. The first-order valence-corrected chi connectivity index (χ1v) is 4.89. The molecule has 5 N–H and O–H groups in total. The largest absolute Gasteiger partial charge is 0.368 e. The van der Waals surface area contributed by atoms with Gasteiger partial charge in [0.05, 0.1) is 6.04 Å². The maximum atomic E-state index is 11.5. The summed E-state index contributed by atoms with van der Waals surface area (Å²) in [5.41, 5.74) is 10.6. The molecule has 0 unspecified atom stereocenters. The lowest BCUT2D eigenvalue weighted by Gasteiger charge is -2.10. The zero-order chi connectivity index (χ0) is 10.3. The fourth-order valence-electron chi connectivity index (χ4n) is 2.07. The van der Waals surface area contributed by atoms with Crippen LogP contribution in [-0.2, 0) is 9.59 Å². The average Bonchev–Trinajstić information content (AvgIpc) is 2.75. The number of hydrogen-bond donors (Lipinski definition) is 3. The first kappa shape index (κ1) is 9.45. The Kier molecular flexibility index (Phi) is 1.99. The molecule has 1 heterocycles. The molecule has 2 amide bonds. The van der Waals surface area contributed by atoms with Crippen LogP contribution < -0.4 is 16.8 Å². The van der Waals surface area contributed by atoms with Crippen molar-refractivity contribution < 1.29 is 9.59 Å². The summed E-state index contributed by atoms with van der Waals surface area (Å²) < 4.78 is 0. The lowest BCUT2D eigenvalue weighted by molar-refractivity contribution is -0.123. The van der Waals surface area contributed by atoms with Crippen LogP contribution in [0.4, 0.5) is 0 Å². The summed E-state index contributed by atoms with van der Waals surface area (Å²) in [4.78, 5) is 22.2. The molecule has 2 rings (SSSR count). The van der Waals surface area contributed by atoms with Crippen molar-refractivity contribution in [3.8, 4) is 0 Å². The van der Waals surface area contributed by atoms with Gasteiger partial charge < -0.3 is 16.8 Å². The molecule has 0 radical (unpaired) electrons. The summed E-state index contributed by atoms with van der Waals surface area (Å²) in [6.45, 7) is 0. The van der Waals surface area contributed by atoms with Crippen LogP contribution in [0.3, 0.4) is 0 Å². The molecule has 14 heavy (non-hydrogen) atoms. The van der Waals surface area contributed by atoms with Crippen molar-refractivity contribution in [2.75, 3.05) is 0 Å². The highest BCUT2D eigenvalue weighted by Crippen LogP contribution is 2.46. The number of amides is 2. The molecule has 0 aromatic rings. The SMILES string of the molecule is NC(=O)[C@@H](N)C[C@@H]1CC2(CC2)NC1=O. The number of nitrogens with one attached hydrogen (secondary N) is 1. The number of carbonyl (C=O) groups excluding carboxylic acids is 2. The zero-order valence-electron chi connectivity index (χ0n) is 7.95. The highest BCUT2D eigenvalue weighted by molar-refractivity contribution is 5.85. The fraction of sp³-hybridized carbons (Fsp3) is 0.778. The van der Waals surface area contributed by atoms with Gasteiger partial charge in [-0.05, 0) is 25.7 Å². The van der Waals surface area contributed by atoms with Crippen LogP contribution in [0.25, 0.3) is 0 Å². The van der Waals surface area contributed by atoms with E-state index < -0.39 is 11.9 Å². The third kappa shape index (κ3) is 1.59. The van der Waals surface area contributed by atoms with Gasteiger partial charge in [0.25, 0.3) is 0 Å². The van der Waals surface area contributed by atoms with Crippen molar-refractivity contribution in [2.45, 2.75) is 37.3 Å². The van der Waals surface area contributed by atoms with Gasteiger partial charge in [-0.25, -0.2) is 0 Å². The topological polar surface area (TPSA) is 98.2 Å². The van der Waals surface area contributed by atoms with Crippen molar-refractivity contribution in [1.82, 2.24) is 5.32 Å². The minimum Gasteiger partial charge on any atom is -0.368 e. The van der Waals surface area contributed by atoms with Gasteiger partial charge in [-0.2, -0.15) is 0 Å². The van der Waals surface area contributed by atoms with Crippen LogP contribution in [-0.4, -0.2) is 23.4 Å². The summed E-state index contributed by atoms with van der Waals surface area (Å²) in [6, 6.07) is -0.695. The van der Waals surface area contributed by atoms with Crippen molar-refractivity contribution in [3.05, 3.63) is 0 Å². The van der Waals surface area contributed by atoms with E-state index in [2.05, 4.69) is 5.32 Å². The van der Waals surface area contributed by atoms with E-state index in [0.29, 0.717) is 6.42 Å². The van der Waals surface area contributed by atoms with E-state index in [9.17, 15) is 9.59 Å². The van der Waals surface area contributed by atoms with Crippen LogP contribution in [0.5, 0.6) is 0 Å². The van der Waals surface area contributed by atoms with Crippen molar-refractivity contribution in [2.24, 2.45) is 17.4 Å². The minimum absolute atomic E-state index is 0.0270. The van der Waals surface area contributed by atoms with Crippen molar-refractivity contribution in [3.63, 3.8) is 0 Å². The van der Waals surface area contributed by atoms with E-state index >= 15 is 0 Å². The second kappa shape index (κ2) is 2.95. The molecular weight excluding hydrogens is 182 g/mol. The van der Waals surface area contributed by atoms with Crippen molar-refractivity contribution in [1.29, 1.82) is 0 Å². The number of carbonyl (C=O) groups is 2. The fourth-order valence-corrected chi connectivity index (χ4v) is 2.07. The third-order valence-corrected chi connectivity index (χ3v) is 3.15. The maximum absolute atomic E-state index is 11.5. The van der Waals surface area contributed by atoms with Gasteiger partial charge in [0.1, 0.15) is 0 Å². The van der Waals surface area contributed by atoms with Gasteiger partial charge in [-0.1, -0.05) is 0 Å². The number of primary amides is 1. The lowest BCUT2D eigenvalue weighted by atomic mass is 9.96. The quantitative estimate of drug-likeness (QED) is 0.533. The van der Waals surface area contributed by atoms with Gasteiger partial charge in [-0.15, -0.1) is 0 Å². The number of rotatable bonds is 3. The minimum atomic E-state index is -0.695. The average molecular weight is 197 g/mol. The van der Waals surface area contributed by atoms with E-state index in [0.717, 1.165) is 19.3 Å². The molecule has 1 saturated carbocycles. The molecule has 5 nitrogen and oxygen atoms in total. The molecule has 5 heteroatoms. The maximum Gasteiger partial charge on any atom is 0.234 e. The Labute approximate surface area is 82.2 Å². The van der Waals surface area contributed by atoms with E-state index in [1.54, 1.807) is 0 Å². The molecule has 78 valence electrons. The lowest BCUT2D eigenvalue weighted by Crippen LogP contribution is -2.39. The molecular formula is C9H15N3O2. The smallest absolute Gasteiger partial charge is 0.234 e. The van der Waals surface area contributed by atoms with Crippen LogP contribution in [0.1, 0.15) is 25.7 Å². The predicted molar refractivity (Wildman–Crippen MR) is 50.0 cm³/mol. The third-order valence-electron chi connectivity index (χ3n) is 3.15. The van der Waals surface area contributed by atoms with Gasteiger partial charge in [0.2, 0.25) is 11.8 Å². The monoisotopic (exact) mass is 197 g/mol. The number of hydrogen-bond acceptors (Lipinski definition) is 3. The summed E-state index contributed by atoms with van der Waals surface area (Å²) in [6.07, 6.45) is 3.30. The van der Waals surface area contributed by atoms with Crippen LogP contribution in [0.15, 0.2) is 0 Å². The second-order valence-electron chi connectivity index (χ2n) is 4.42. The molecule has 2 fully saturated rings. The zero-order valence-corrected chi connectivity index (χ0v) is 7.95. The molecule has 1 aliphatic carbocycles. The molecule has 0 aromatic heterocycles. The second-order valence-corrected chi connectivity index (χ2v) is 4.42. The van der Waals surface area contributed by atoms with E-state index in [4.69, 9.17) is 11.5 Å². The molecule has 1 spiro atoms. The number of nitrogens with two attached hydrogens (primary N) is 2. The molecule has 0 bridgehead atoms. The van der Waals surface area contributed by atoms with Crippen LogP contribution in [0, 0.1) is 5.92 Å². The van der Waals surface area contributed by atoms with Crippen LogP contribution >= 0.6 is 0 Å². The normalized spacial score (nSPS) is 30.1. The Morgan fingerprint density at radius 3 is 2.71 bits per heavy atom.